The maximum absolute atomic E-state index is 11.2. The fourth-order valence-corrected chi connectivity index (χ4v) is 2.74. The maximum Gasteiger partial charge on any atom is 0.347 e. The van der Waals surface area contributed by atoms with Gasteiger partial charge < -0.3 is 9.84 Å². The van der Waals surface area contributed by atoms with Gasteiger partial charge in [-0.3, -0.25) is 0 Å². The van der Waals surface area contributed by atoms with Crippen LogP contribution in [0, 0.1) is 0 Å². The predicted octanol–water partition coefficient (Wildman–Crippen LogP) is 3.47. The molecule has 1 aromatic heterocycles. The largest absolute Gasteiger partial charge is 0.497 e. The van der Waals surface area contributed by atoms with E-state index in [1.807, 2.05) is 31.2 Å². The van der Waals surface area contributed by atoms with Crippen LogP contribution in [0.2, 0.25) is 0 Å². The Labute approximate surface area is 115 Å². The highest BCUT2D eigenvalue weighted by molar-refractivity contribution is 7.17. The number of benzene rings is 1. The first-order chi connectivity index (χ1) is 9.15. The summed E-state index contributed by atoms with van der Waals surface area (Å²) >= 11 is 1.22. The molecule has 0 radical (unpaired) electrons. The minimum absolute atomic E-state index is 0.340. The molecule has 5 heteroatoms. The van der Waals surface area contributed by atoms with Crippen LogP contribution in [-0.2, 0) is 6.42 Å². The lowest BCUT2D eigenvalue weighted by Gasteiger charge is -2.00. The molecule has 4 nitrogen and oxygen atoms in total. The third-order valence-electron chi connectivity index (χ3n) is 2.72. The number of hydrogen-bond acceptors (Lipinski definition) is 4. The number of hydrogen-bond donors (Lipinski definition) is 1. The van der Waals surface area contributed by atoms with Crippen LogP contribution >= 0.6 is 11.3 Å². The molecule has 0 saturated carbocycles. The van der Waals surface area contributed by atoms with Gasteiger partial charge >= 0.3 is 5.97 Å². The van der Waals surface area contributed by atoms with Gasteiger partial charge in [0.2, 0.25) is 0 Å². The van der Waals surface area contributed by atoms with E-state index in [1.54, 1.807) is 7.11 Å². The summed E-state index contributed by atoms with van der Waals surface area (Å²) in [5.41, 5.74) is 1.58. The van der Waals surface area contributed by atoms with Crippen molar-refractivity contribution >= 4 is 17.3 Å². The first-order valence-corrected chi connectivity index (χ1v) is 6.84. The number of carboxylic acids is 1. The number of aryl methyl sites for hydroxylation is 1. The highest BCUT2D eigenvalue weighted by Gasteiger charge is 2.17. The van der Waals surface area contributed by atoms with E-state index in [0.717, 1.165) is 22.7 Å². The highest BCUT2D eigenvalue weighted by atomic mass is 32.1. The SMILES string of the molecule is CCCc1nc(-c2ccc(OC)cc2)sc1C(=O)O. The summed E-state index contributed by atoms with van der Waals surface area (Å²) in [5, 5.41) is 9.92. The molecule has 0 amide bonds. The first-order valence-electron chi connectivity index (χ1n) is 6.03. The van der Waals surface area contributed by atoms with E-state index in [4.69, 9.17) is 4.74 Å². The molecule has 1 aromatic carbocycles. The second-order valence-electron chi connectivity index (χ2n) is 4.08. The van der Waals surface area contributed by atoms with Gasteiger partial charge in [0.1, 0.15) is 15.6 Å². The number of carboxylic acid groups (broad SMARTS) is 1. The van der Waals surface area contributed by atoms with Crippen LogP contribution in [0.15, 0.2) is 24.3 Å². The van der Waals surface area contributed by atoms with Crippen molar-refractivity contribution in [3.63, 3.8) is 0 Å². The second-order valence-corrected chi connectivity index (χ2v) is 5.08. The lowest BCUT2D eigenvalue weighted by Crippen LogP contribution is -1.98. The van der Waals surface area contributed by atoms with E-state index >= 15 is 0 Å². The van der Waals surface area contributed by atoms with Crippen molar-refractivity contribution in [2.24, 2.45) is 0 Å². The quantitative estimate of drug-likeness (QED) is 0.909. The molecule has 0 aliphatic heterocycles. The summed E-state index contributed by atoms with van der Waals surface area (Å²) in [6.07, 6.45) is 1.57. The van der Waals surface area contributed by atoms with Crippen LogP contribution in [-0.4, -0.2) is 23.2 Å². The van der Waals surface area contributed by atoms with Crippen molar-refractivity contribution in [3.05, 3.63) is 34.8 Å². The van der Waals surface area contributed by atoms with Crippen LogP contribution in [0.3, 0.4) is 0 Å². The molecule has 0 aliphatic rings. The third kappa shape index (κ3) is 2.93. The summed E-state index contributed by atoms with van der Waals surface area (Å²) in [6.45, 7) is 2.01. The van der Waals surface area contributed by atoms with E-state index in [9.17, 15) is 9.90 Å². The summed E-state index contributed by atoms with van der Waals surface area (Å²) in [7, 11) is 1.61. The Morgan fingerprint density at radius 1 is 1.37 bits per heavy atom. The van der Waals surface area contributed by atoms with Crippen LogP contribution < -0.4 is 4.74 Å². The average Bonchev–Trinajstić information content (AvgIpc) is 2.83. The topological polar surface area (TPSA) is 59.4 Å². The van der Waals surface area contributed by atoms with Gasteiger partial charge in [0, 0.05) is 5.56 Å². The van der Waals surface area contributed by atoms with Gasteiger partial charge in [0.05, 0.1) is 12.8 Å². The molecule has 0 atom stereocenters. The van der Waals surface area contributed by atoms with Gasteiger partial charge in [0.25, 0.3) is 0 Å². The summed E-state index contributed by atoms with van der Waals surface area (Å²) in [6, 6.07) is 7.46. The van der Waals surface area contributed by atoms with E-state index in [2.05, 4.69) is 4.98 Å². The zero-order valence-corrected chi connectivity index (χ0v) is 11.7. The fourth-order valence-electron chi connectivity index (χ4n) is 1.78. The average molecular weight is 277 g/mol. The van der Waals surface area contributed by atoms with Crippen LogP contribution in [0.5, 0.6) is 5.75 Å². The maximum atomic E-state index is 11.2. The lowest BCUT2D eigenvalue weighted by molar-refractivity contribution is 0.0700. The molecular formula is C14H15NO3S. The summed E-state index contributed by atoms with van der Waals surface area (Å²) in [4.78, 5) is 16.0. The monoisotopic (exact) mass is 277 g/mol. The van der Waals surface area contributed by atoms with Crippen molar-refractivity contribution in [2.75, 3.05) is 7.11 Å². The van der Waals surface area contributed by atoms with Crippen molar-refractivity contribution in [3.8, 4) is 16.3 Å². The Balaban J connectivity index is 2.38. The molecule has 0 fully saturated rings. The number of methoxy groups -OCH3 is 1. The smallest absolute Gasteiger partial charge is 0.347 e. The summed E-state index contributed by atoms with van der Waals surface area (Å²) < 4.78 is 5.10. The minimum atomic E-state index is -0.902. The van der Waals surface area contributed by atoms with E-state index in [-0.39, 0.29) is 0 Å². The molecule has 1 N–H and O–H groups in total. The van der Waals surface area contributed by atoms with E-state index < -0.39 is 5.97 Å². The number of carbonyl (C=O) groups is 1. The molecule has 0 unspecified atom stereocenters. The van der Waals surface area contributed by atoms with Gasteiger partial charge in [-0.25, -0.2) is 9.78 Å². The molecule has 0 saturated heterocycles. The number of ether oxygens (including phenoxy) is 1. The van der Waals surface area contributed by atoms with Gasteiger partial charge in [-0.1, -0.05) is 13.3 Å². The Morgan fingerprint density at radius 3 is 2.58 bits per heavy atom. The fraction of sp³-hybridized carbons (Fsp3) is 0.286. The number of aromatic carboxylic acids is 1. The molecule has 1 heterocycles. The van der Waals surface area contributed by atoms with Crippen LogP contribution in [0.25, 0.3) is 10.6 Å². The van der Waals surface area contributed by atoms with Gasteiger partial charge in [-0.05, 0) is 30.7 Å². The van der Waals surface area contributed by atoms with Gasteiger partial charge in [-0.2, -0.15) is 0 Å². The Kier molecular flexibility index (Phi) is 4.16. The lowest BCUT2D eigenvalue weighted by atomic mass is 10.2. The van der Waals surface area contributed by atoms with Crippen LogP contribution in [0.4, 0.5) is 0 Å². The minimum Gasteiger partial charge on any atom is -0.497 e. The van der Waals surface area contributed by atoms with Gasteiger partial charge in [-0.15, -0.1) is 11.3 Å². The van der Waals surface area contributed by atoms with E-state index in [1.165, 1.54) is 11.3 Å². The zero-order chi connectivity index (χ0) is 13.8. The Hall–Kier alpha value is -1.88. The molecule has 0 spiro atoms. The summed E-state index contributed by atoms with van der Waals surface area (Å²) in [5.74, 6) is -0.131. The number of thiazole rings is 1. The van der Waals surface area contributed by atoms with Crippen molar-refractivity contribution in [1.29, 1.82) is 0 Å². The normalized spacial score (nSPS) is 10.4. The molecule has 0 aliphatic carbocycles. The molecular weight excluding hydrogens is 262 g/mol. The predicted molar refractivity (Wildman–Crippen MR) is 75.1 cm³/mol. The second kappa shape index (κ2) is 5.84. The molecule has 2 rings (SSSR count). The number of rotatable bonds is 5. The number of aromatic nitrogens is 1. The standard InChI is InChI=1S/C14H15NO3S/c1-3-4-11-12(14(16)17)19-13(15-11)9-5-7-10(18-2)8-6-9/h5-8H,3-4H2,1-2H3,(H,16,17). The van der Waals surface area contributed by atoms with Crippen molar-refractivity contribution < 1.29 is 14.6 Å². The number of nitrogens with zero attached hydrogens (tertiary/aromatic N) is 1. The van der Waals surface area contributed by atoms with Gasteiger partial charge in [0.15, 0.2) is 0 Å². The molecule has 100 valence electrons. The molecule has 19 heavy (non-hydrogen) atoms. The van der Waals surface area contributed by atoms with Crippen molar-refractivity contribution in [1.82, 2.24) is 4.98 Å². The molecule has 0 bridgehead atoms. The highest BCUT2D eigenvalue weighted by Crippen LogP contribution is 2.30. The third-order valence-corrected chi connectivity index (χ3v) is 3.85. The Morgan fingerprint density at radius 2 is 2.05 bits per heavy atom. The zero-order valence-electron chi connectivity index (χ0n) is 10.8. The van der Waals surface area contributed by atoms with Crippen molar-refractivity contribution in [2.45, 2.75) is 19.8 Å². The van der Waals surface area contributed by atoms with E-state index in [0.29, 0.717) is 17.0 Å². The molecule has 2 aromatic rings. The first kappa shape index (κ1) is 13.5. The van der Waals surface area contributed by atoms with Crippen LogP contribution in [0.1, 0.15) is 28.7 Å². The Bertz CT molecular complexity index is 575.